The van der Waals surface area contributed by atoms with Crippen molar-refractivity contribution in [2.75, 3.05) is 74.0 Å². The van der Waals surface area contributed by atoms with E-state index in [1.165, 1.54) is 6.07 Å². The Morgan fingerprint density at radius 1 is 0.900 bits per heavy atom. The molecule has 5 heterocycles. The van der Waals surface area contributed by atoms with Crippen LogP contribution in [-0.4, -0.2) is 73.8 Å². The van der Waals surface area contributed by atoms with Crippen LogP contribution in [0.1, 0.15) is 5.56 Å². The Balaban J connectivity index is 1.53. The number of fused-ring (bicyclic) bond motifs is 1. The van der Waals surface area contributed by atoms with E-state index < -0.39 is 11.6 Å². The van der Waals surface area contributed by atoms with Crippen molar-refractivity contribution in [3.05, 3.63) is 60.1 Å². The van der Waals surface area contributed by atoms with Crippen LogP contribution in [0.2, 0.25) is 0 Å². The summed E-state index contributed by atoms with van der Waals surface area (Å²) in [7, 11) is 0. The van der Waals surface area contributed by atoms with E-state index in [1.807, 2.05) is 31.5 Å². The van der Waals surface area contributed by atoms with Gasteiger partial charge >= 0.3 is 0 Å². The van der Waals surface area contributed by atoms with Crippen LogP contribution in [-0.2, 0) is 9.47 Å². The third-order valence-corrected chi connectivity index (χ3v) is 7.96. The Bertz CT molecular complexity index is 1540. The number of thioether (sulfide) groups is 1. The number of hydrogen-bond acceptors (Lipinski definition) is 9. The molecular formula is C29H30F2N6O2S. The molecule has 1 N–H and O–H groups in total. The minimum atomic E-state index is -0.681. The Kier molecular flexibility index (Phi) is 7.68. The van der Waals surface area contributed by atoms with Crippen molar-refractivity contribution in [3.8, 4) is 11.3 Å². The van der Waals surface area contributed by atoms with Gasteiger partial charge in [-0.05, 0) is 30.9 Å². The van der Waals surface area contributed by atoms with Gasteiger partial charge in [0.05, 0.1) is 66.3 Å². The molecule has 0 radical (unpaired) electrons. The fourth-order valence-corrected chi connectivity index (χ4v) is 5.61. The molecule has 0 unspecified atom stereocenters. The van der Waals surface area contributed by atoms with Crippen molar-refractivity contribution >= 4 is 45.5 Å². The maximum absolute atomic E-state index is 15.5. The summed E-state index contributed by atoms with van der Waals surface area (Å²) in [5, 5.41) is 3.75. The number of hydrogen-bond donors (Lipinski definition) is 1. The maximum atomic E-state index is 15.5. The Labute approximate surface area is 235 Å². The van der Waals surface area contributed by atoms with Gasteiger partial charge in [-0.25, -0.2) is 18.7 Å². The largest absolute Gasteiger partial charge is 0.378 e. The molecule has 0 amide bonds. The number of pyridine rings is 3. The van der Waals surface area contributed by atoms with E-state index in [9.17, 15) is 4.39 Å². The van der Waals surface area contributed by atoms with E-state index in [1.54, 1.807) is 24.2 Å². The van der Waals surface area contributed by atoms with Gasteiger partial charge in [0.15, 0.2) is 5.82 Å². The highest BCUT2D eigenvalue weighted by Crippen LogP contribution is 2.40. The first-order valence-electron chi connectivity index (χ1n) is 13.2. The van der Waals surface area contributed by atoms with Gasteiger partial charge in [0.25, 0.3) is 0 Å². The summed E-state index contributed by atoms with van der Waals surface area (Å²) >= 11 is 1.57. The van der Waals surface area contributed by atoms with Crippen molar-refractivity contribution in [2.24, 2.45) is 0 Å². The number of nitrogens with zero attached hydrogens (tertiary/aromatic N) is 5. The molecular weight excluding hydrogens is 534 g/mol. The predicted octanol–water partition coefficient (Wildman–Crippen LogP) is 5.42. The monoisotopic (exact) mass is 564 g/mol. The molecule has 40 heavy (non-hydrogen) atoms. The van der Waals surface area contributed by atoms with Gasteiger partial charge < -0.3 is 24.6 Å². The summed E-state index contributed by atoms with van der Waals surface area (Å²) < 4.78 is 41.0. The molecule has 1 aromatic carbocycles. The van der Waals surface area contributed by atoms with Gasteiger partial charge in [0, 0.05) is 61.2 Å². The normalized spacial score (nSPS) is 16.0. The van der Waals surface area contributed by atoms with Crippen LogP contribution in [0.15, 0.2) is 47.8 Å². The fraction of sp³-hybridized carbons (Fsp3) is 0.345. The number of nitrogens with one attached hydrogen (secondary N) is 1. The van der Waals surface area contributed by atoms with Gasteiger partial charge in [0.1, 0.15) is 11.6 Å². The molecule has 0 saturated carbocycles. The number of ether oxygens (including phenoxy) is 2. The van der Waals surface area contributed by atoms with Crippen LogP contribution in [0, 0.1) is 18.6 Å². The second-order valence-corrected chi connectivity index (χ2v) is 10.6. The standard InChI is InChI=1S/C29H30F2N6O2S/c1-18-27(19-11-22(40-2)17-32-15-19)34-24-13-20(30)12-23(31)26(24)28(18)35-25-14-21(36-3-7-38-8-4-36)16-33-29(25)37-5-9-39-10-6-37/h11-17H,3-10H2,1-2H3,(H,34,35). The van der Waals surface area contributed by atoms with E-state index in [2.05, 4.69) is 20.1 Å². The summed E-state index contributed by atoms with van der Waals surface area (Å²) in [6.45, 7) is 7.27. The van der Waals surface area contributed by atoms with Gasteiger partial charge in [-0.1, -0.05) is 0 Å². The molecule has 0 aliphatic carbocycles. The number of halogens is 2. The fourth-order valence-electron chi connectivity index (χ4n) is 5.20. The van der Waals surface area contributed by atoms with Gasteiger partial charge in [-0.15, -0.1) is 11.8 Å². The second-order valence-electron chi connectivity index (χ2n) is 9.74. The lowest BCUT2D eigenvalue weighted by molar-refractivity contribution is 0.122. The van der Waals surface area contributed by atoms with Crippen LogP contribution >= 0.6 is 11.8 Å². The minimum Gasteiger partial charge on any atom is -0.378 e. The van der Waals surface area contributed by atoms with E-state index in [0.29, 0.717) is 50.9 Å². The molecule has 0 atom stereocenters. The topological polar surface area (TPSA) is 75.6 Å². The summed E-state index contributed by atoms with van der Waals surface area (Å²) in [5.74, 6) is -0.611. The minimum absolute atomic E-state index is 0.223. The lowest BCUT2D eigenvalue weighted by Gasteiger charge is -2.32. The smallest absolute Gasteiger partial charge is 0.152 e. The molecule has 0 spiro atoms. The molecule has 2 aliphatic heterocycles. The summed E-state index contributed by atoms with van der Waals surface area (Å²) in [6, 6.07) is 6.20. The molecule has 4 aromatic rings. The zero-order chi connectivity index (χ0) is 27.6. The van der Waals surface area contributed by atoms with E-state index in [0.717, 1.165) is 52.4 Å². The number of morpholine rings is 2. The molecule has 2 aliphatic rings. The third kappa shape index (κ3) is 5.28. The molecule has 2 fully saturated rings. The van der Waals surface area contributed by atoms with E-state index in [-0.39, 0.29) is 10.9 Å². The van der Waals surface area contributed by atoms with Crippen molar-refractivity contribution in [3.63, 3.8) is 0 Å². The highest BCUT2D eigenvalue weighted by molar-refractivity contribution is 7.98. The average Bonchev–Trinajstić information content (AvgIpc) is 2.99. The van der Waals surface area contributed by atoms with Crippen LogP contribution in [0.3, 0.4) is 0 Å². The molecule has 0 bridgehead atoms. The van der Waals surface area contributed by atoms with Crippen molar-refractivity contribution in [1.29, 1.82) is 0 Å². The van der Waals surface area contributed by atoms with Gasteiger partial charge in [0.2, 0.25) is 0 Å². The average molecular weight is 565 g/mol. The van der Waals surface area contributed by atoms with Gasteiger partial charge in [-0.3, -0.25) is 4.98 Å². The zero-order valence-electron chi connectivity index (χ0n) is 22.4. The SMILES string of the molecule is CSc1cncc(-c2nc3cc(F)cc(F)c3c(Nc3cc(N4CCOCC4)cnc3N3CCOCC3)c2C)c1. The highest BCUT2D eigenvalue weighted by Gasteiger charge is 2.23. The quantitative estimate of drug-likeness (QED) is 0.309. The van der Waals surface area contributed by atoms with Crippen LogP contribution in [0.5, 0.6) is 0 Å². The number of aromatic nitrogens is 3. The first-order chi connectivity index (χ1) is 19.5. The van der Waals surface area contributed by atoms with Crippen molar-refractivity contribution < 1.29 is 18.3 Å². The Morgan fingerprint density at radius 3 is 2.35 bits per heavy atom. The lowest BCUT2D eigenvalue weighted by Crippen LogP contribution is -2.38. The Morgan fingerprint density at radius 2 is 1.62 bits per heavy atom. The summed E-state index contributed by atoms with van der Waals surface area (Å²) in [4.78, 5) is 19.3. The van der Waals surface area contributed by atoms with E-state index >= 15 is 4.39 Å². The highest BCUT2D eigenvalue weighted by atomic mass is 32.2. The number of rotatable bonds is 6. The third-order valence-electron chi connectivity index (χ3n) is 7.27. The number of anilines is 4. The van der Waals surface area contributed by atoms with Crippen molar-refractivity contribution in [2.45, 2.75) is 11.8 Å². The van der Waals surface area contributed by atoms with Crippen LogP contribution < -0.4 is 15.1 Å². The molecule has 2 saturated heterocycles. The number of benzene rings is 1. The lowest BCUT2D eigenvalue weighted by atomic mass is 10.0. The first-order valence-corrected chi connectivity index (χ1v) is 14.5. The summed E-state index contributed by atoms with van der Waals surface area (Å²) in [5.41, 5.74) is 4.52. The Hall–Kier alpha value is -3.54. The maximum Gasteiger partial charge on any atom is 0.152 e. The summed E-state index contributed by atoms with van der Waals surface area (Å²) in [6.07, 6.45) is 7.35. The molecule has 3 aromatic heterocycles. The van der Waals surface area contributed by atoms with Crippen molar-refractivity contribution in [1.82, 2.24) is 15.0 Å². The van der Waals surface area contributed by atoms with Crippen LogP contribution in [0.25, 0.3) is 22.2 Å². The second kappa shape index (κ2) is 11.5. The molecule has 11 heteroatoms. The zero-order valence-corrected chi connectivity index (χ0v) is 23.2. The molecule has 6 rings (SSSR count). The van der Waals surface area contributed by atoms with Crippen LogP contribution in [0.4, 0.5) is 31.7 Å². The predicted molar refractivity (Wildman–Crippen MR) is 155 cm³/mol. The van der Waals surface area contributed by atoms with E-state index in [4.69, 9.17) is 19.4 Å². The molecule has 208 valence electrons. The van der Waals surface area contributed by atoms with Gasteiger partial charge in [-0.2, -0.15) is 0 Å². The molecule has 8 nitrogen and oxygen atoms in total. The first kappa shape index (κ1) is 26.7.